The van der Waals surface area contributed by atoms with Crippen LogP contribution in [-0.2, 0) is 37.0 Å². The van der Waals surface area contributed by atoms with E-state index < -0.39 is 0 Å². The highest BCUT2D eigenvalue weighted by atomic mass is 32.2. The fraction of sp³-hybridized carbons (Fsp3) is 0.348. The molecule has 1 aliphatic heterocycles. The van der Waals surface area contributed by atoms with E-state index in [4.69, 9.17) is 4.42 Å². The summed E-state index contributed by atoms with van der Waals surface area (Å²) in [6.07, 6.45) is 8.02. The standard InChI is InChI=1S/C23H23N9O2S/c1-35-17-3-2-13-6-16(7-14(13)8-17)26-23-24-10-15(11-25-23)22-30-29-20(34-22)9-21(33)32-5-4-18-19(12-32)28-31-27-18/h2-3,8,10-11,16H,4-7,9,12H2,1H3,(H,24,25,26)(H,27,28,31). The Morgan fingerprint density at radius 2 is 2.06 bits per heavy atom. The Labute approximate surface area is 205 Å². The van der Waals surface area contributed by atoms with Gasteiger partial charge in [0.25, 0.3) is 5.89 Å². The minimum atomic E-state index is -0.0909. The Morgan fingerprint density at radius 1 is 1.20 bits per heavy atom. The summed E-state index contributed by atoms with van der Waals surface area (Å²) in [5.41, 5.74) is 5.13. The van der Waals surface area contributed by atoms with E-state index in [2.05, 4.69) is 65.3 Å². The van der Waals surface area contributed by atoms with Crippen LogP contribution in [0.2, 0.25) is 0 Å². The minimum absolute atomic E-state index is 0.0289. The van der Waals surface area contributed by atoms with Gasteiger partial charge < -0.3 is 14.6 Å². The number of carbonyl (C=O) groups excluding carboxylic acids is 1. The molecule has 1 aliphatic carbocycles. The van der Waals surface area contributed by atoms with Gasteiger partial charge in [-0.25, -0.2) is 9.97 Å². The van der Waals surface area contributed by atoms with E-state index in [1.165, 1.54) is 16.0 Å². The predicted molar refractivity (Wildman–Crippen MR) is 128 cm³/mol. The van der Waals surface area contributed by atoms with Crippen molar-refractivity contribution in [2.24, 2.45) is 0 Å². The van der Waals surface area contributed by atoms with Crippen molar-refractivity contribution in [2.75, 3.05) is 18.1 Å². The molecule has 35 heavy (non-hydrogen) atoms. The number of rotatable bonds is 6. The third-order valence-electron chi connectivity index (χ3n) is 6.38. The van der Waals surface area contributed by atoms with Crippen molar-refractivity contribution in [2.45, 2.75) is 43.2 Å². The third-order valence-corrected chi connectivity index (χ3v) is 7.10. The molecule has 2 aliphatic rings. The minimum Gasteiger partial charge on any atom is -0.420 e. The molecule has 12 heteroatoms. The van der Waals surface area contributed by atoms with Crippen LogP contribution in [0.5, 0.6) is 0 Å². The van der Waals surface area contributed by atoms with E-state index in [1.807, 2.05) is 0 Å². The Kier molecular flexibility index (Phi) is 5.64. The molecule has 1 atom stereocenters. The van der Waals surface area contributed by atoms with E-state index in [-0.39, 0.29) is 30.2 Å². The van der Waals surface area contributed by atoms with Gasteiger partial charge in [0.2, 0.25) is 17.7 Å². The van der Waals surface area contributed by atoms with Crippen LogP contribution in [0.4, 0.5) is 5.95 Å². The van der Waals surface area contributed by atoms with E-state index >= 15 is 0 Å². The number of H-pyrrole nitrogens is 1. The van der Waals surface area contributed by atoms with Crippen LogP contribution < -0.4 is 5.32 Å². The first-order valence-corrected chi connectivity index (χ1v) is 12.6. The first kappa shape index (κ1) is 21.7. The van der Waals surface area contributed by atoms with Crippen LogP contribution in [0.25, 0.3) is 11.5 Å². The lowest BCUT2D eigenvalue weighted by Gasteiger charge is -2.25. The van der Waals surface area contributed by atoms with Gasteiger partial charge in [-0.3, -0.25) is 9.89 Å². The number of aromatic amines is 1. The Hall–Kier alpha value is -3.80. The smallest absolute Gasteiger partial charge is 0.250 e. The average Bonchev–Trinajstić information content (AvgIpc) is 3.63. The van der Waals surface area contributed by atoms with E-state index in [1.54, 1.807) is 29.1 Å². The van der Waals surface area contributed by atoms with Crippen molar-refractivity contribution in [3.8, 4) is 11.5 Å². The molecule has 0 fully saturated rings. The number of fused-ring (bicyclic) bond motifs is 2. The van der Waals surface area contributed by atoms with Crippen LogP contribution in [0, 0.1) is 0 Å². The Bertz CT molecular complexity index is 1370. The van der Waals surface area contributed by atoms with Crippen molar-refractivity contribution in [3.63, 3.8) is 0 Å². The van der Waals surface area contributed by atoms with Gasteiger partial charge >= 0.3 is 0 Å². The number of nitrogens with one attached hydrogen (secondary N) is 2. The first-order chi connectivity index (χ1) is 17.1. The van der Waals surface area contributed by atoms with Gasteiger partial charge in [0.1, 0.15) is 12.1 Å². The molecule has 1 aromatic carbocycles. The first-order valence-electron chi connectivity index (χ1n) is 11.4. The van der Waals surface area contributed by atoms with Gasteiger partial charge in [-0.1, -0.05) is 11.3 Å². The molecule has 0 saturated carbocycles. The number of aromatic nitrogens is 7. The number of hydrogen-bond donors (Lipinski definition) is 2. The van der Waals surface area contributed by atoms with Crippen molar-refractivity contribution in [3.05, 3.63) is 59.0 Å². The second-order valence-electron chi connectivity index (χ2n) is 8.66. The van der Waals surface area contributed by atoms with Crippen molar-refractivity contribution >= 4 is 23.6 Å². The average molecular weight is 490 g/mol. The van der Waals surface area contributed by atoms with Crippen LogP contribution in [-0.4, -0.2) is 65.2 Å². The van der Waals surface area contributed by atoms with Crippen molar-refractivity contribution in [1.82, 2.24) is 40.5 Å². The predicted octanol–water partition coefficient (Wildman–Crippen LogP) is 2.07. The molecule has 2 N–H and O–H groups in total. The molecule has 6 rings (SSSR count). The van der Waals surface area contributed by atoms with Crippen LogP contribution in [0.15, 0.2) is 39.9 Å². The number of amides is 1. The lowest BCUT2D eigenvalue weighted by atomic mass is 10.1. The number of nitrogens with zero attached hydrogens (tertiary/aromatic N) is 7. The van der Waals surface area contributed by atoms with Gasteiger partial charge in [0.15, 0.2) is 0 Å². The summed E-state index contributed by atoms with van der Waals surface area (Å²) in [7, 11) is 0. The maximum atomic E-state index is 12.7. The monoisotopic (exact) mass is 489 g/mol. The van der Waals surface area contributed by atoms with Gasteiger partial charge in [-0.2, -0.15) is 0 Å². The van der Waals surface area contributed by atoms with Gasteiger partial charge in [-0.15, -0.1) is 27.1 Å². The number of hydrogen-bond acceptors (Lipinski definition) is 10. The van der Waals surface area contributed by atoms with Crippen LogP contribution in [0.1, 0.15) is 28.4 Å². The van der Waals surface area contributed by atoms with Gasteiger partial charge in [0, 0.05) is 36.3 Å². The Morgan fingerprint density at radius 3 is 2.91 bits per heavy atom. The topological polar surface area (TPSA) is 139 Å². The lowest BCUT2D eigenvalue weighted by molar-refractivity contribution is -0.131. The molecule has 4 aromatic rings. The maximum Gasteiger partial charge on any atom is 0.250 e. The molecule has 0 spiro atoms. The molecule has 1 unspecified atom stereocenters. The van der Waals surface area contributed by atoms with Crippen LogP contribution in [0.3, 0.4) is 0 Å². The normalized spacial score (nSPS) is 16.7. The second kappa shape index (κ2) is 9.10. The largest absolute Gasteiger partial charge is 0.420 e. The molecule has 0 radical (unpaired) electrons. The number of anilines is 1. The molecular weight excluding hydrogens is 466 g/mol. The van der Waals surface area contributed by atoms with Crippen molar-refractivity contribution < 1.29 is 9.21 Å². The SMILES string of the molecule is CSc1ccc2c(c1)CC(Nc1ncc(-c3nnc(CC(=O)N4CCc5[nH]nnc5C4)o3)cn1)C2. The molecule has 11 nitrogen and oxygen atoms in total. The summed E-state index contributed by atoms with van der Waals surface area (Å²) in [4.78, 5) is 24.5. The fourth-order valence-electron chi connectivity index (χ4n) is 4.52. The van der Waals surface area contributed by atoms with E-state index in [9.17, 15) is 4.79 Å². The quantitative estimate of drug-likeness (QED) is 0.387. The molecular formula is C23H23N9O2S. The van der Waals surface area contributed by atoms with E-state index in [0.29, 0.717) is 31.0 Å². The zero-order valence-electron chi connectivity index (χ0n) is 19.1. The summed E-state index contributed by atoms with van der Waals surface area (Å²) in [5.74, 6) is 1.01. The molecule has 0 saturated heterocycles. The third kappa shape index (κ3) is 4.48. The zero-order valence-corrected chi connectivity index (χ0v) is 19.9. The number of thioether (sulfide) groups is 1. The summed E-state index contributed by atoms with van der Waals surface area (Å²) in [6, 6.07) is 6.90. The van der Waals surface area contributed by atoms with Crippen LogP contribution >= 0.6 is 11.8 Å². The number of benzene rings is 1. The summed E-state index contributed by atoms with van der Waals surface area (Å²) in [5, 5.41) is 22.2. The maximum absolute atomic E-state index is 12.7. The Balaban J connectivity index is 1.06. The highest BCUT2D eigenvalue weighted by molar-refractivity contribution is 7.98. The molecule has 4 heterocycles. The van der Waals surface area contributed by atoms with Gasteiger partial charge in [-0.05, 0) is 42.4 Å². The molecule has 0 bridgehead atoms. The molecule has 3 aromatic heterocycles. The summed E-state index contributed by atoms with van der Waals surface area (Å²) < 4.78 is 5.72. The molecule has 1 amide bonds. The summed E-state index contributed by atoms with van der Waals surface area (Å²) in [6.45, 7) is 1.03. The van der Waals surface area contributed by atoms with Gasteiger partial charge in [0.05, 0.1) is 17.8 Å². The highest BCUT2D eigenvalue weighted by Crippen LogP contribution is 2.28. The van der Waals surface area contributed by atoms with E-state index in [0.717, 1.165) is 24.2 Å². The second-order valence-corrected chi connectivity index (χ2v) is 9.54. The zero-order chi connectivity index (χ0) is 23.8. The van der Waals surface area contributed by atoms with Crippen molar-refractivity contribution in [1.29, 1.82) is 0 Å². The lowest BCUT2D eigenvalue weighted by Crippen LogP contribution is -2.37. The summed E-state index contributed by atoms with van der Waals surface area (Å²) >= 11 is 1.76. The fourth-order valence-corrected chi connectivity index (χ4v) is 4.98. The highest BCUT2D eigenvalue weighted by Gasteiger charge is 2.25. The number of carbonyl (C=O) groups is 1. The molecule has 178 valence electrons.